The second-order valence-electron chi connectivity index (χ2n) is 8.59. The summed E-state index contributed by atoms with van der Waals surface area (Å²) in [7, 11) is 0. The van der Waals surface area contributed by atoms with Gasteiger partial charge in [-0.15, -0.1) is 0 Å². The number of aliphatic hydroxyl groups is 1. The van der Waals surface area contributed by atoms with Crippen LogP contribution in [0.5, 0.6) is 0 Å². The minimum Gasteiger partial charge on any atom is -0.391 e. The molecule has 0 saturated carbocycles. The molecule has 1 atom stereocenters. The van der Waals surface area contributed by atoms with Gasteiger partial charge >= 0.3 is 0 Å². The molecule has 0 aliphatic carbocycles. The summed E-state index contributed by atoms with van der Waals surface area (Å²) in [4.78, 5) is 14.0. The maximum Gasteiger partial charge on any atom is 0.136 e. The zero-order chi connectivity index (χ0) is 22.5. The van der Waals surface area contributed by atoms with Gasteiger partial charge in [-0.1, -0.05) is 42.5 Å². The van der Waals surface area contributed by atoms with Crippen LogP contribution in [0.4, 0.5) is 10.2 Å². The predicted molar refractivity (Wildman–Crippen MR) is 126 cm³/mol. The number of halogens is 1. The molecule has 0 unspecified atom stereocenters. The van der Waals surface area contributed by atoms with Gasteiger partial charge in [0.2, 0.25) is 0 Å². The highest BCUT2D eigenvalue weighted by Gasteiger charge is 2.23. The van der Waals surface area contributed by atoms with Gasteiger partial charge in [0, 0.05) is 50.4 Å². The number of benzene rings is 2. The number of aliphatic hydroxyl groups excluding tert-OH is 1. The predicted octanol–water partition coefficient (Wildman–Crippen LogP) is 3.55. The quantitative estimate of drug-likeness (QED) is 0.616. The van der Waals surface area contributed by atoms with Crippen molar-refractivity contribution in [3.63, 3.8) is 0 Å². The summed E-state index contributed by atoms with van der Waals surface area (Å²) < 4.78 is 13.3. The fraction of sp³-hybridized carbons (Fsp3) is 0.385. The van der Waals surface area contributed by atoms with Gasteiger partial charge < -0.3 is 10.0 Å². The van der Waals surface area contributed by atoms with Gasteiger partial charge in [-0.05, 0) is 43.5 Å². The normalized spacial score (nSPS) is 15.7. The summed E-state index contributed by atoms with van der Waals surface area (Å²) >= 11 is 0. The van der Waals surface area contributed by atoms with Gasteiger partial charge in [-0.2, -0.15) is 0 Å². The molecule has 0 amide bonds. The average Bonchev–Trinajstić information content (AvgIpc) is 2.78. The van der Waals surface area contributed by atoms with E-state index in [2.05, 4.69) is 26.9 Å². The van der Waals surface area contributed by atoms with Gasteiger partial charge in [0.1, 0.15) is 17.5 Å². The molecule has 0 bridgehead atoms. The van der Waals surface area contributed by atoms with E-state index >= 15 is 0 Å². The van der Waals surface area contributed by atoms with Crippen molar-refractivity contribution >= 4 is 5.82 Å². The van der Waals surface area contributed by atoms with Crippen molar-refractivity contribution in [2.24, 2.45) is 0 Å². The van der Waals surface area contributed by atoms with E-state index in [0.29, 0.717) is 19.4 Å². The first-order valence-corrected chi connectivity index (χ1v) is 11.3. The Morgan fingerprint density at radius 3 is 2.28 bits per heavy atom. The fourth-order valence-corrected chi connectivity index (χ4v) is 4.38. The number of aromatic nitrogens is 2. The van der Waals surface area contributed by atoms with E-state index < -0.39 is 0 Å². The number of piperazine rings is 1. The lowest BCUT2D eigenvalue weighted by Crippen LogP contribution is -2.49. The van der Waals surface area contributed by atoms with E-state index in [-0.39, 0.29) is 11.9 Å². The standard InChI is InChI=1S/C26H31FN4O/c1-19-25(17-22-8-10-23(27)11-9-22)26(29-20(2)28-19)31-14-12-30(13-15-31)18-24(32)16-21-6-4-3-5-7-21/h3-11,24,32H,12-18H2,1-2H3/t24-/m1/s1. The highest BCUT2D eigenvalue weighted by atomic mass is 19.1. The van der Waals surface area contributed by atoms with Crippen LogP contribution in [0.15, 0.2) is 54.6 Å². The molecule has 3 aromatic rings. The first kappa shape index (κ1) is 22.4. The Morgan fingerprint density at radius 2 is 1.59 bits per heavy atom. The summed E-state index contributed by atoms with van der Waals surface area (Å²) in [5.41, 5.74) is 4.28. The number of hydrogen-bond acceptors (Lipinski definition) is 5. The van der Waals surface area contributed by atoms with Gasteiger partial charge in [0.05, 0.1) is 6.10 Å². The van der Waals surface area contributed by atoms with Gasteiger partial charge in [0.25, 0.3) is 0 Å². The molecule has 1 fully saturated rings. The molecule has 1 aliphatic heterocycles. The number of β-amino-alcohol motifs (C(OH)–C–C–N with tert-alkyl or cyclic N) is 1. The Morgan fingerprint density at radius 1 is 0.906 bits per heavy atom. The van der Waals surface area contributed by atoms with Crippen molar-refractivity contribution in [1.82, 2.24) is 14.9 Å². The molecule has 2 heterocycles. The zero-order valence-corrected chi connectivity index (χ0v) is 18.8. The van der Waals surface area contributed by atoms with Crippen molar-refractivity contribution in [2.75, 3.05) is 37.6 Å². The fourth-order valence-electron chi connectivity index (χ4n) is 4.38. The molecule has 168 valence electrons. The van der Waals surface area contributed by atoms with Crippen molar-refractivity contribution in [3.8, 4) is 0 Å². The van der Waals surface area contributed by atoms with Crippen LogP contribution in [0.3, 0.4) is 0 Å². The lowest BCUT2D eigenvalue weighted by molar-refractivity contribution is 0.109. The monoisotopic (exact) mass is 434 g/mol. The van der Waals surface area contributed by atoms with Crippen LogP contribution in [0.25, 0.3) is 0 Å². The summed E-state index contributed by atoms with van der Waals surface area (Å²) in [6.45, 7) is 8.08. The second kappa shape index (κ2) is 10.2. The Labute approximate surface area is 189 Å². The topological polar surface area (TPSA) is 52.5 Å². The van der Waals surface area contributed by atoms with E-state index in [4.69, 9.17) is 4.98 Å². The van der Waals surface area contributed by atoms with Crippen LogP contribution in [0.2, 0.25) is 0 Å². The molecule has 32 heavy (non-hydrogen) atoms. The zero-order valence-electron chi connectivity index (χ0n) is 18.8. The molecule has 0 spiro atoms. The third-order valence-electron chi connectivity index (χ3n) is 6.05. The lowest BCUT2D eigenvalue weighted by Gasteiger charge is -2.37. The number of anilines is 1. The van der Waals surface area contributed by atoms with Crippen molar-refractivity contribution in [1.29, 1.82) is 0 Å². The summed E-state index contributed by atoms with van der Waals surface area (Å²) in [5, 5.41) is 10.5. The van der Waals surface area contributed by atoms with E-state index in [9.17, 15) is 9.50 Å². The van der Waals surface area contributed by atoms with Crippen LogP contribution < -0.4 is 4.90 Å². The molecule has 2 aromatic carbocycles. The van der Waals surface area contributed by atoms with Crippen molar-refractivity contribution in [2.45, 2.75) is 32.8 Å². The lowest BCUT2D eigenvalue weighted by atomic mass is 10.0. The highest BCUT2D eigenvalue weighted by Crippen LogP contribution is 2.25. The SMILES string of the molecule is Cc1nc(C)c(Cc2ccc(F)cc2)c(N2CCN(C[C@H](O)Cc3ccccc3)CC2)n1. The Hall–Kier alpha value is -2.83. The van der Waals surface area contributed by atoms with Gasteiger partial charge in [-0.25, -0.2) is 14.4 Å². The number of hydrogen-bond donors (Lipinski definition) is 1. The summed E-state index contributed by atoms with van der Waals surface area (Å²) in [5.74, 6) is 1.52. The molecule has 1 N–H and O–H groups in total. The Bertz CT molecular complexity index is 1020. The summed E-state index contributed by atoms with van der Waals surface area (Å²) in [6.07, 6.45) is 0.978. The largest absolute Gasteiger partial charge is 0.391 e. The van der Waals surface area contributed by atoms with Crippen LogP contribution >= 0.6 is 0 Å². The molecule has 1 aromatic heterocycles. The smallest absolute Gasteiger partial charge is 0.136 e. The molecular formula is C26H31FN4O. The van der Waals surface area contributed by atoms with Crippen LogP contribution in [-0.2, 0) is 12.8 Å². The first-order valence-electron chi connectivity index (χ1n) is 11.3. The molecule has 0 radical (unpaired) electrons. The Kier molecular flexibility index (Phi) is 7.12. The molecule has 4 rings (SSSR count). The molecule has 5 nitrogen and oxygen atoms in total. The third-order valence-corrected chi connectivity index (χ3v) is 6.05. The van der Waals surface area contributed by atoms with Gasteiger partial charge in [-0.3, -0.25) is 4.90 Å². The average molecular weight is 435 g/mol. The molecule has 1 saturated heterocycles. The van der Waals surface area contributed by atoms with E-state index in [0.717, 1.165) is 60.2 Å². The molecular weight excluding hydrogens is 403 g/mol. The van der Waals surface area contributed by atoms with Crippen molar-refractivity contribution in [3.05, 3.63) is 88.6 Å². The molecule has 6 heteroatoms. The maximum atomic E-state index is 13.3. The van der Waals surface area contributed by atoms with E-state index in [1.54, 1.807) is 0 Å². The van der Waals surface area contributed by atoms with Crippen LogP contribution in [-0.4, -0.2) is 58.8 Å². The molecule has 1 aliphatic rings. The number of rotatable bonds is 7. The van der Waals surface area contributed by atoms with Crippen LogP contribution in [0, 0.1) is 19.7 Å². The van der Waals surface area contributed by atoms with Crippen LogP contribution in [0.1, 0.15) is 28.2 Å². The number of nitrogens with zero attached hydrogens (tertiary/aromatic N) is 4. The third kappa shape index (κ3) is 5.69. The first-order chi connectivity index (χ1) is 15.5. The van der Waals surface area contributed by atoms with E-state index in [1.165, 1.54) is 12.1 Å². The second-order valence-corrected chi connectivity index (χ2v) is 8.59. The van der Waals surface area contributed by atoms with Gasteiger partial charge in [0.15, 0.2) is 0 Å². The Balaban J connectivity index is 1.41. The van der Waals surface area contributed by atoms with Crippen molar-refractivity contribution < 1.29 is 9.50 Å². The van der Waals surface area contributed by atoms with E-state index in [1.807, 2.05) is 44.2 Å². The summed E-state index contributed by atoms with van der Waals surface area (Å²) in [6, 6.07) is 16.8. The minimum absolute atomic E-state index is 0.226. The minimum atomic E-state index is -0.374. The maximum absolute atomic E-state index is 13.3. The number of aryl methyl sites for hydroxylation is 2. The highest BCUT2D eigenvalue weighted by molar-refractivity contribution is 5.51.